The van der Waals surface area contributed by atoms with Crippen molar-refractivity contribution in [2.24, 2.45) is 5.92 Å². The van der Waals surface area contributed by atoms with Crippen LogP contribution in [0.15, 0.2) is 89.8 Å². The number of carbonyl (C=O) groups excluding carboxylic acids is 2. The maximum Gasteiger partial charge on any atom is 0.323 e. The van der Waals surface area contributed by atoms with Crippen molar-refractivity contribution in [1.29, 1.82) is 0 Å². The Bertz CT molecular complexity index is 1950. The molecule has 3 amide bonds. The minimum Gasteiger partial charge on any atom is -0.490 e. The summed E-state index contributed by atoms with van der Waals surface area (Å²) < 4.78 is 41.0. The van der Waals surface area contributed by atoms with Crippen molar-refractivity contribution < 1.29 is 32.6 Å². The van der Waals surface area contributed by atoms with Crippen LogP contribution in [0.1, 0.15) is 56.0 Å². The Labute approximate surface area is 307 Å². The Morgan fingerprint density at radius 3 is 2.48 bits per heavy atom. The van der Waals surface area contributed by atoms with E-state index in [0.717, 1.165) is 29.2 Å². The van der Waals surface area contributed by atoms with Crippen LogP contribution in [0.3, 0.4) is 0 Å². The molecule has 1 heterocycles. The van der Waals surface area contributed by atoms with Crippen molar-refractivity contribution in [2.45, 2.75) is 70.1 Å². The molecule has 0 aliphatic carbocycles. The summed E-state index contributed by atoms with van der Waals surface area (Å²) in [6.07, 6.45) is 1.46. The van der Waals surface area contributed by atoms with Crippen LogP contribution < -0.4 is 15.4 Å². The fourth-order valence-corrected chi connectivity index (χ4v) is 7.51. The van der Waals surface area contributed by atoms with E-state index in [9.17, 15) is 23.1 Å². The average molecular weight is 731 g/mol. The number of aryl methyl sites for hydroxylation is 1. The van der Waals surface area contributed by atoms with Gasteiger partial charge in [0, 0.05) is 43.7 Å². The molecular weight excluding hydrogens is 681 g/mol. The molecule has 0 saturated carbocycles. The molecule has 4 aromatic rings. The number of aliphatic hydroxyl groups excluding tert-OH is 1. The molecule has 0 aromatic heterocycles. The highest BCUT2D eigenvalue weighted by Crippen LogP contribution is 2.30. The van der Waals surface area contributed by atoms with Gasteiger partial charge in [0.15, 0.2) is 0 Å². The lowest BCUT2D eigenvalue weighted by Gasteiger charge is -2.35. The van der Waals surface area contributed by atoms with E-state index in [0.29, 0.717) is 30.2 Å². The van der Waals surface area contributed by atoms with E-state index in [2.05, 4.69) is 10.6 Å². The summed E-state index contributed by atoms with van der Waals surface area (Å²) in [4.78, 5) is 29.5. The van der Waals surface area contributed by atoms with Crippen LogP contribution in [0.2, 0.25) is 0 Å². The minimum absolute atomic E-state index is 0.0723. The van der Waals surface area contributed by atoms with Crippen LogP contribution in [0.25, 0.3) is 10.8 Å². The Hall–Kier alpha value is -4.49. The van der Waals surface area contributed by atoms with Gasteiger partial charge in [-0.1, -0.05) is 61.0 Å². The first kappa shape index (κ1) is 38.7. The van der Waals surface area contributed by atoms with Crippen molar-refractivity contribution >= 4 is 44.1 Å². The van der Waals surface area contributed by atoms with E-state index in [4.69, 9.17) is 9.47 Å². The number of sulfonamides is 1. The molecule has 0 spiro atoms. The summed E-state index contributed by atoms with van der Waals surface area (Å²) in [5.41, 5.74) is 2.22. The number of anilines is 2. The Morgan fingerprint density at radius 1 is 1.00 bits per heavy atom. The zero-order chi connectivity index (χ0) is 37.4. The van der Waals surface area contributed by atoms with Crippen LogP contribution in [0.5, 0.6) is 5.75 Å². The molecule has 11 nitrogen and oxygen atoms in total. The van der Waals surface area contributed by atoms with E-state index >= 15 is 0 Å². The summed E-state index contributed by atoms with van der Waals surface area (Å²) in [6, 6.07) is 24.1. The molecule has 278 valence electrons. The quantitative estimate of drug-likeness (QED) is 0.179. The van der Waals surface area contributed by atoms with Crippen molar-refractivity contribution in [1.82, 2.24) is 9.21 Å². The molecule has 0 saturated heterocycles. The maximum atomic E-state index is 14.5. The Balaban J connectivity index is 1.41. The highest BCUT2D eigenvalue weighted by molar-refractivity contribution is 7.89. The Kier molecular flexibility index (Phi) is 12.9. The molecule has 1 aliphatic rings. The summed E-state index contributed by atoms with van der Waals surface area (Å²) >= 11 is 0. The first-order chi connectivity index (χ1) is 24.9. The number of fused-ring (bicyclic) bond motifs is 2. The van der Waals surface area contributed by atoms with E-state index in [-0.39, 0.29) is 42.2 Å². The maximum absolute atomic E-state index is 14.5. The molecule has 12 heteroatoms. The van der Waals surface area contributed by atoms with Gasteiger partial charge in [-0.05, 0) is 81.8 Å². The molecule has 0 bridgehead atoms. The molecule has 0 unspecified atom stereocenters. The van der Waals surface area contributed by atoms with Gasteiger partial charge >= 0.3 is 6.03 Å². The van der Waals surface area contributed by atoms with Crippen molar-refractivity contribution in [3.63, 3.8) is 0 Å². The molecule has 52 heavy (non-hydrogen) atoms. The molecule has 1 aliphatic heterocycles. The van der Waals surface area contributed by atoms with Crippen LogP contribution in [0.4, 0.5) is 16.2 Å². The standard InChI is InChI=1S/C40H50N4O7S/c1-27-16-19-33(20-17-27)52(48,49)43(5)25-38-28(2)24-44(29(3)26-45)39(46)35-23-32(18-21-37(35)51-30(4)11-8-9-22-50-38)41-40(47)42-36-15-10-13-31-12-6-7-14-34(31)36/h6-7,10,12-21,23,28-30,38,45H,8-9,11,22,24-26H2,1-5H3,(H2,41,42,47)/t28-,29+,30+,38-/m0/s1. The summed E-state index contributed by atoms with van der Waals surface area (Å²) in [5.74, 6) is -0.355. The SMILES string of the molecule is Cc1ccc(S(=O)(=O)N(C)C[C@@H]2OCCCC[C@@H](C)Oc3ccc(NC(=O)Nc4cccc5ccccc45)cc3C(=O)N([C@H](C)CO)C[C@@H]2C)cc1. The van der Waals surface area contributed by atoms with Gasteiger partial charge < -0.3 is 30.1 Å². The summed E-state index contributed by atoms with van der Waals surface area (Å²) in [7, 11) is -2.26. The summed E-state index contributed by atoms with van der Waals surface area (Å²) in [6.45, 7) is 7.86. The second-order valence-electron chi connectivity index (χ2n) is 13.7. The second kappa shape index (κ2) is 17.4. The minimum atomic E-state index is -3.80. The number of rotatable bonds is 8. The molecular formula is C40H50N4O7S. The van der Waals surface area contributed by atoms with Crippen molar-refractivity contribution in [2.75, 3.05) is 44.0 Å². The first-order valence-electron chi connectivity index (χ1n) is 17.8. The van der Waals surface area contributed by atoms with Gasteiger partial charge in [-0.15, -0.1) is 0 Å². The van der Waals surface area contributed by atoms with E-state index < -0.39 is 34.1 Å². The van der Waals surface area contributed by atoms with Gasteiger partial charge in [-0.25, -0.2) is 13.2 Å². The third-order valence-corrected chi connectivity index (χ3v) is 11.4. The molecule has 4 atom stereocenters. The van der Waals surface area contributed by atoms with Gasteiger partial charge in [0.2, 0.25) is 10.0 Å². The normalized spacial score (nSPS) is 19.7. The highest BCUT2D eigenvalue weighted by Gasteiger charge is 2.32. The van der Waals surface area contributed by atoms with Gasteiger partial charge in [-0.3, -0.25) is 4.79 Å². The fourth-order valence-electron chi connectivity index (χ4n) is 6.32. The number of ether oxygens (including phenoxy) is 2. The number of urea groups is 1. The second-order valence-corrected chi connectivity index (χ2v) is 15.8. The largest absolute Gasteiger partial charge is 0.490 e. The fraction of sp³-hybridized carbons (Fsp3) is 0.400. The average Bonchev–Trinajstić information content (AvgIpc) is 3.13. The molecule has 3 N–H and O–H groups in total. The molecule has 0 fully saturated rings. The monoisotopic (exact) mass is 730 g/mol. The number of amides is 3. The summed E-state index contributed by atoms with van der Waals surface area (Å²) in [5, 5.41) is 18.0. The van der Waals surface area contributed by atoms with Crippen LogP contribution in [-0.2, 0) is 14.8 Å². The number of nitrogens with one attached hydrogen (secondary N) is 2. The predicted octanol–water partition coefficient (Wildman–Crippen LogP) is 6.91. The van der Waals surface area contributed by atoms with Crippen LogP contribution >= 0.6 is 0 Å². The number of hydrogen-bond donors (Lipinski definition) is 3. The van der Waals surface area contributed by atoms with E-state index in [1.165, 1.54) is 11.4 Å². The lowest BCUT2D eigenvalue weighted by atomic mass is 10.0. The lowest BCUT2D eigenvalue weighted by molar-refractivity contribution is -0.00833. The third-order valence-electron chi connectivity index (χ3n) is 9.51. The topological polar surface area (TPSA) is 138 Å². The zero-order valence-corrected chi connectivity index (χ0v) is 31.4. The smallest absolute Gasteiger partial charge is 0.323 e. The van der Waals surface area contributed by atoms with Gasteiger partial charge in [0.05, 0.1) is 41.0 Å². The van der Waals surface area contributed by atoms with Gasteiger partial charge in [-0.2, -0.15) is 4.31 Å². The van der Waals surface area contributed by atoms with Crippen molar-refractivity contribution in [3.05, 3.63) is 96.1 Å². The van der Waals surface area contributed by atoms with Crippen molar-refractivity contribution in [3.8, 4) is 5.75 Å². The van der Waals surface area contributed by atoms with Gasteiger partial charge in [0.25, 0.3) is 5.91 Å². The number of hydrogen-bond acceptors (Lipinski definition) is 7. The zero-order valence-electron chi connectivity index (χ0n) is 30.5. The lowest BCUT2D eigenvalue weighted by Crippen LogP contribution is -2.48. The van der Waals surface area contributed by atoms with Crippen LogP contribution in [0, 0.1) is 12.8 Å². The number of carbonyl (C=O) groups is 2. The van der Waals surface area contributed by atoms with Crippen LogP contribution in [-0.4, -0.2) is 86.3 Å². The Morgan fingerprint density at radius 2 is 1.73 bits per heavy atom. The van der Waals surface area contributed by atoms with Gasteiger partial charge in [0.1, 0.15) is 5.75 Å². The van der Waals surface area contributed by atoms with E-state index in [1.54, 1.807) is 54.3 Å². The first-order valence-corrected chi connectivity index (χ1v) is 19.2. The number of benzene rings is 4. The number of aliphatic hydroxyl groups is 1. The van der Waals surface area contributed by atoms with E-state index in [1.807, 2.05) is 63.2 Å². The molecule has 4 aromatic carbocycles. The highest BCUT2D eigenvalue weighted by atomic mass is 32.2. The number of likely N-dealkylation sites (N-methyl/N-ethyl adjacent to an activating group) is 1. The molecule has 0 radical (unpaired) electrons. The predicted molar refractivity (Wildman–Crippen MR) is 204 cm³/mol. The third kappa shape index (κ3) is 9.48. The molecule has 5 rings (SSSR count). The number of nitrogens with zero attached hydrogens (tertiary/aromatic N) is 2.